The van der Waals surface area contributed by atoms with Crippen molar-refractivity contribution in [2.45, 2.75) is 6.54 Å². The first-order chi connectivity index (χ1) is 12.8. The Hall–Kier alpha value is -1.02. The molecule has 148 valence electrons. The zero-order valence-electron chi connectivity index (χ0n) is 16.1. The molecule has 0 saturated carbocycles. The van der Waals surface area contributed by atoms with Gasteiger partial charge in [-0.25, -0.2) is 0 Å². The standard InChI is InChI=1S/C20H34N2O4/c1-21-7-11-23-15-17-25-13-9-22(19-20-5-3-2-4-6-20)10-14-26-18-16-24-12-8-21/h2-6H,7-19H2,1H3. The van der Waals surface area contributed by atoms with E-state index in [2.05, 4.69) is 41.1 Å². The van der Waals surface area contributed by atoms with Gasteiger partial charge in [0.2, 0.25) is 0 Å². The molecule has 26 heavy (non-hydrogen) atoms. The van der Waals surface area contributed by atoms with E-state index in [9.17, 15) is 0 Å². The van der Waals surface area contributed by atoms with Gasteiger partial charge in [-0.3, -0.25) is 4.90 Å². The molecule has 1 aromatic carbocycles. The third-order valence-electron chi connectivity index (χ3n) is 4.33. The maximum absolute atomic E-state index is 5.73. The third kappa shape index (κ3) is 10.2. The number of nitrogens with zero attached hydrogens (tertiary/aromatic N) is 2. The summed E-state index contributed by atoms with van der Waals surface area (Å²) in [6.07, 6.45) is 0. The van der Waals surface area contributed by atoms with Crippen LogP contribution in [0.3, 0.4) is 0 Å². The Labute approximate surface area is 158 Å². The number of rotatable bonds is 2. The number of ether oxygens (including phenoxy) is 4. The Bertz CT molecular complexity index is 427. The molecule has 0 spiro atoms. The molecule has 0 aliphatic carbocycles. The SMILES string of the molecule is CN1CCOCCOCCN(Cc2ccccc2)CCOCCOCC1. The minimum atomic E-state index is 0.641. The van der Waals surface area contributed by atoms with E-state index in [-0.39, 0.29) is 0 Å². The van der Waals surface area contributed by atoms with Crippen LogP contribution in [0.2, 0.25) is 0 Å². The fourth-order valence-electron chi connectivity index (χ4n) is 2.70. The van der Waals surface area contributed by atoms with E-state index in [1.54, 1.807) is 0 Å². The van der Waals surface area contributed by atoms with Gasteiger partial charge in [-0.1, -0.05) is 30.3 Å². The van der Waals surface area contributed by atoms with Crippen molar-refractivity contribution in [1.29, 1.82) is 0 Å². The van der Waals surface area contributed by atoms with E-state index < -0.39 is 0 Å². The molecule has 1 aliphatic rings. The van der Waals surface area contributed by atoms with Crippen LogP contribution < -0.4 is 0 Å². The molecule has 1 aromatic rings. The molecule has 0 bridgehead atoms. The highest BCUT2D eigenvalue weighted by Crippen LogP contribution is 2.04. The summed E-state index contributed by atoms with van der Waals surface area (Å²) in [6, 6.07) is 10.5. The summed E-state index contributed by atoms with van der Waals surface area (Å²) in [6.45, 7) is 9.94. The van der Waals surface area contributed by atoms with Crippen molar-refractivity contribution in [2.24, 2.45) is 0 Å². The fraction of sp³-hybridized carbons (Fsp3) is 0.700. The second kappa shape index (κ2) is 14.1. The van der Waals surface area contributed by atoms with Gasteiger partial charge in [0.15, 0.2) is 0 Å². The van der Waals surface area contributed by atoms with Gasteiger partial charge in [-0.05, 0) is 12.6 Å². The summed E-state index contributed by atoms with van der Waals surface area (Å²) in [5, 5.41) is 0. The second-order valence-electron chi connectivity index (χ2n) is 6.51. The van der Waals surface area contributed by atoms with Gasteiger partial charge < -0.3 is 23.8 Å². The highest BCUT2D eigenvalue weighted by Gasteiger charge is 2.07. The largest absolute Gasteiger partial charge is 0.378 e. The molecule has 1 saturated heterocycles. The topological polar surface area (TPSA) is 43.4 Å². The molecule has 0 aromatic heterocycles. The predicted octanol–water partition coefficient (Wildman–Crippen LogP) is 1.50. The van der Waals surface area contributed by atoms with Crippen LogP contribution in [0.1, 0.15) is 5.56 Å². The Morgan fingerprint density at radius 2 is 1.12 bits per heavy atom. The van der Waals surface area contributed by atoms with Gasteiger partial charge in [-0.2, -0.15) is 0 Å². The lowest BCUT2D eigenvalue weighted by Gasteiger charge is -2.22. The monoisotopic (exact) mass is 366 g/mol. The number of likely N-dealkylation sites (N-methyl/N-ethyl adjacent to an activating group) is 1. The Balaban J connectivity index is 1.75. The van der Waals surface area contributed by atoms with Crippen molar-refractivity contribution < 1.29 is 18.9 Å². The van der Waals surface area contributed by atoms with Crippen LogP contribution >= 0.6 is 0 Å². The van der Waals surface area contributed by atoms with Gasteiger partial charge >= 0.3 is 0 Å². The molecular formula is C20H34N2O4. The number of benzene rings is 1. The summed E-state index contributed by atoms with van der Waals surface area (Å²) < 4.78 is 22.7. The van der Waals surface area contributed by atoms with E-state index >= 15 is 0 Å². The van der Waals surface area contributed by atoms with E-state index in [0.717, 1.165) is 45.9 Å². The number of hydrogen-bond donors (Lipinski definition) is 0. The lowest BCUT2D eigenvalue weighted by atomic mass is 10.2. The van der Waals surface area contributed by atoms with Crippen molar-refractivity contribution in [3.63, 3.8) is 0 Å². The highest BCUT2D eigenvalue weighted by atomic mass is 16.5. The normalized spacial score (nSPS) is 21.7. The Kier molecular flexibility index (Phi) is 11.5. The zero-order valence-corrected chi connectivity index (χ0v) is 16.1. The Morgan fingerprint density at radius 3 is 1.62 bits per heavy atom. The summed E-state index contributed by atoms with van der Waals surface area (Å²) in [7, 11) is 2.08. The Morgan fingerprint density at radius 1 is 0.654 bits per heavy atom. The third-order valence-corrected chi connectivity index (χ3v) is 4.33. The summed E-state index contributed by atoms with van der Waals surface area (Å²) in [4.78, 5) is 4.58. The molecule has 1 fully saturated rings. The van der Waals surface area contributed by atoms with Gasteiger partial charge in [0.05, 0.1) is 52.9 Å². The average molecular weight is 367 g/mol. The lowest BCUT2D eigenvalue weighted by Crippen LogP contribution is -2.32. The van der Waals surface area contributed by atoms with Crippen LogP contribution in [0.15, 0.2) is 30.3 Å². The molecule has 1 aliphatic heterocycles. The van der Waals surface area contributed by atoms with E-state index in [0.29, 0.717) is 39.6 Å². The van der Waals surface area contributed by atoms with Crippen molar-refractivity contribution in [3.05, 3.63) is 35.9 Å². The highest BCUT2D eigenvalue weighted by molar-refractivity contribution is 5.14. The smallest absolute Gasteiger partial charge is 0.0701 e. The number of hydrogen-bond acceptors (Lipinski definition) is 6. The predicted molar refractivity (Wildman–Crippen MR) is 102 cm³/mol. The molecule has 6 nitrogen and oxygen atoms in total. The molecule has 0 unspecified atom stereocenters. The second-order valence-corrected chi connectivity index (χ2v) is 6.51. The van der Waals surface area contributed by atoms with Gasteiger partial charge in [0, 0.05) is 32.7 Å². The minimum absolute atomic E-state index is 0.641. The zero-order chi connectivity index (χ0) is 18.3. The van der Waals surface area contributed by atoms with Crippen LogP contribution in [0, 0.1) is 0 Å². The minimum Gasteiger partial charge on any atom is -0.378 e. The van der Waals surface area contributed by atoms with E-state index in [1.165, 1.54) is 5.56 Å². The molecule has 6 heteroatoms. The van der Waals surface area contributed by atoms with Crippen LogP contribution in [0.4, 0.5) is 0 Å². The maximum Gasteiger partial charge on any atom is 0.0701 e. The van der Waals surface area contributed by atoms with Crippen molar-refractivity contribution >= 4 is 0 Å². The van der Waals surface area contributed by atoms with Crippen molar-refractivity contribution in [3.8, 4) is 0 Å². The molecule has 1 heterocycles. The molecule has 0 amide bonds. The molecular weight excluding hydrogens is 332 g/mol. The average Bonchev–Trinajstić information content (AvgIpc) is 2.65. The van der Waals surface area contributed by atoms with Gasteiger partial charge in [-0.15, -0.1) is 0 Å². The van der Waals surface area contributed by atoms with Crippen molar-refractivity contribution in [1.82, 2.24) is 9.80 Å². The van der Waals surface area contributed by atoms with E-state index in [1.807, 2.05) is 6.07 Å². The summed E-state index contributed by atoms with van der Waals surface area (Å²) in [5.41, 5.74) is 1.31. The molecule has 0 atom stereocenters. The lowest BCUT2D eigenvalue weighted by molar-refractivity contribution is 0.00980. The van der Waals surface area contributed by atoms with Crippen LogP contribution in [0.25, 0.3) is 0 Å². The van der Waals surface area contributed by atoms with Gasteiger partial charge in [0.25, 0.3) is 0 Å². The quantitative estimate of drug-likeness (QED) is 0.790. The van der Waals surface area contributed by atoms with Crippen LogP contribution in [-0.2, 0) is 25.5 Å². The molecule has 2 rings (SSSR count). The fourth-order valence-corrected chi connectivity index (χ4v) is 2.70. The summed E-state index contributed by atoms with van der Waals surface area (Å²) in [5.74, 6) is 0. The first-order valence-corrected chi connectivity index (χ1v) is 9.60. The maximum atomic E-state index is 5.73. The van der Waals surface area contributed by atoms with Gasteiger partial charge in [0.1, 0.15) is 0 Å². The summed E-state index contributed by atoms with van der Waals surface area (Å²) >= 11 is 0. The van der Waals surface area contributed by atoms with E-state index in [4.69, 9.17) is 18.9 Å². The van der Waals surface area contributed by atoms with Crippen LogP contribution in [0.5, 0.6) is 0 Å². The van der Waals surface area contributed by atoms with Crippen molar-refractivity contribution in [2.75, 3.05) is 86.1 Å². The molecule has 0 radical (unpaired) electrons. The van der Waals surface area contributed by atoms with Crippen LogP contribution in [-0.4, -0.2) is 95.9 Å². The first kappa shape index (κ1) is 21.3. The molecule has 0 N–H and O–H groups in total. The first-order valence-electron chi connectivity index (χ1n) is 9.60.